The number of halogens is 1. The predicted molar refractivity (Wildman–Crippen MR) is 85.1 cm³/mol. The van der Waals surface area contributed by atoms with E-state index in [0.29, 0.717) is 12.1 Å². The molecular weight excluding hydrogens is 274 g/mol. The normalized spacial score (nSPS) is 10.4. The monoisotopic (exact) mass is 299 g/mol. The Hall–Kier alpha value is -1.06. The topological polar surface area (TPSA) is 29.5 Å². The fourth-order valence-electron chi connectivity index (χ4n) is 2.04. The Bertz CT molecular complexity index is 358. The predicted octanol–water partition coefficient (Wildman–Crippen LogP) is 4.69. The summed E-state index contributed by atoms with van der Waals surface area (Å²) in [7, 11) is 0. The second-order valence-electron chi connectivity index (χ2n) is 5.03. The molecule has 0 aliphatic heterocycles. The Morgan fingerprint density at radius 3 is 1.95 bits per heavy atom. The lowest BCUT2D eigenvalue weighted by atomic mass is 10.2. The molecule has 0 bridgehead atoms. The third-order valence-corrected chi connectivity index (χ3v) is 3.00. The van der Waals surface area contributed by atoms with Crippen LogP contribution in [0.25, 0.3) is 0 Å². The van der Waals surface area contributed by atoms with E-state index >= 15 is 0 Å². The maximum atomic E-state index is 10.2. The maximum absolute atomic E-state index is 10.2. The molecule has 0 N–H and O–H groups in total. The molecule has 1 rings (SSSR count). The van der Waals surface area contributed by atoms with Gasteiger partial charge in [0.05, 0.1) is 0 Å². The van der Waals surface area contributed by atoms with Crippen LogP contribution in [0.1, 0.15) is 40.2 Å². The van der Waals surface area contributed by atoms with E-state index in [4.69, 9.17) is 11.6 Å². The molecular formula is C16H26ClNO2. The Kier molecular flexibility index (Phi) is 10.1. The maximum Gasteiger partial charge on any atom is 0.404 e. The number of hydrogen-bond acceptors (Lipinski definition) is 3. The van der Waals surface area contributed by atoms with Crippen LogP contribution in [-0.4, -0.2) is 29.0 Å². The number of carbonyl (C=O) groups excluding carboxylic acids is 1. The standard InChI is InChI=1S/C8H7ClO2.C8H19N/c9-8(10)11-6-7-4-2-1-3-5-7;1-6-9(7(2)3)8(4)5/h1-5H,6H2;7-8H,6H2,1-5H3. The van der Waals surface area contributed by atoms with E-state index in [-0.39, 0.29) is 6.61 Å². The fourth-order valence-corrected chi connectivity index (χ4v) is 2.10. The minimum atomic E-state index is -0.770. The molecule has 0 aromatic heterocycles. The van der Waals surface area contributed by atoms with Crippen molar-refractivity contribution in [2.24, 2.45) is 0 Å². The van der Waals surface area contributed by atoms with Crippen molar-refractivity contribution in [1.82, 2.24) is 4.90 Å². The van der Waals surface area contributed by atoms with Gasteiger partial charge in [-0.3, -0.25) is 4.90 Å². The summed E-state index contributed by atoms with van der Waals surface area (Å²) in [5.41, 5.74) is 0.162. The number of hydrogen-bond donors (Lipinski definition) is 0. The van der Waals surface area contributed by atoms with Crippen molar-refractivity contribution in [3.8, 4) is 0 Å². The van der Waals surface area contributed by atoms with Gasteiger partial charge in [0, 0.05) is 23.7 Å². The quantitative estimate of drug-likeness (QED) is 0.739. The van der Waals surface area contributed by atoms with E-state index in [1.165, 1.54) is 0 Å². The van der Waals surface area contributed by atoms with Crippen LogP contribution >= 0.6 is 11.6 Å². The molecule has 0 aliphatic rings. The number of carbonyl (C=O) groups is 1. The summed E-state index contributed by atoms with van der Waals surface area (Å²) in [5.74, 6) is 0. The lowest BCUT2D eigenvalue weighted by Crippen LogP contribution is -2.36. The molecule has 0 saturated carbocycles. The second kappa shape index (κ2) is 10.7. The van der Waals surface area contributed by atoms with Crippen LogP contribution < -0.4 is 0 Å². The molecule has 0 saturated heterocycles. The van der Waals surface area contributed by atoms with Crippen molar-refractivity contribution in [1.29, 1.82) is 0 Å². The highest BCUT2D eigenvalue weighted by Crippen LogP contribution is 2.02. The molecule has 0 fully saturated rings. The minimum absolute atomic E-state index is 0.239. The molecule has 0 aliphatic carbocycles. The van der Waals surface area contributed by atoms with Crippen molar-refractivity contribution < 1.29 is 9.53 Å². The van der Waals surface area contributed by atoms with Crippen molar-refractivity contribution in [3.05, 3.63) is 35.9 Å². The molecule has 20 heavy (non-hydrogen) atoms. The first-order chi connectivity index (χ1) is 9.38. The average Bonchev–Trinajstić information content (AvgIpc) is 2.38. The van der Waals surface area contributed by atoms with Gasteiger partial charge in [0.2, 0.25) is 0 Å². The van der Waals surface area contributed by atoms with Gasteiger partial charge in [0.15, 0.2) is 0 Å². The van der Waals surface area contributed by atoms with Gasteiger partial charge in [-0.05, 0) is 39.8 Å². The molecule has 0 amide bonds. The zero-order valence-corrected chi connectivity index (χ0v) is 13.9. The van der Waals surface area contributed by atoms with Gasteiger partial charge in [-0.25, -0.2) is 4.79 Å². The van der Waals surface area contributed by atoms with Crippen LogP contribution in [0.15, 0.2) is 30.3 Å². The van der Waals surface area contributed by atoms with E-state index in [9.17, 15) is 4.79 Å². The average molecular weight is 300 g/mol. The Morgan fingerprint density at radius 2 is 1.65 bits per heavy atom. The molecule has 0 unspecified atom stereocenters. The summed E-state index contributed by atoms with van der Waals surface area (Å²) in [6.45, 7) is 12.6. The fraction of sp³-hybridized carbons (Fsp3) is 0.562. The summed E-state index contributed by atoms with van der Waals surface area (Å²) < 4.78 is 4.55. The van der Waals surface area contributed by atoms with E-state index in [2.05, 4.69) is 44.3 Å². The molecule has 0 atom stereocenters. The summed E-state index contributed by atoms with van der Waals surface area (Å²) in [4.78, 5) is 12.6. The van der Waals surface area contributed by atoms with Gasteiger partial charge in [-0.1, -0.05) is 37.3 Å². The van der Waals surface area contributed by atoms with Crippen LogP contribution in [-0.2, 0) is 11.3 Å². The summed E-state index contributed by atoms with van der Waals surface area (Å²) in [6, 6.07) is 10.7. The Balaban J connectivity index is 0.000000370. The van der Waals surface area contributed by atoms with Gasteiger partial charge < -0.3 is 4.74 Å². The molecule has 1 aromatic rings. The number of rotatable bonds is 5. The highest BCUT2D eigenvalue weighted by atomic mass is 35.5. The zero-order chi connectivity index (χ0) is 15.5. The van der Waals surface area contributed by atoms with Gasteiger partial charge >= 0.3 is 5.43 Å². The molecule has 0 heterocycles. The Morgan fingerprint density at radius 1 is 1.15 bits per heavy atom. The minimum Gasteiger partial charge on any atom is -0.449 e. The van der Waals surface area contributed by atoms with E-state index in [1.807, 2.05) is 30.3 Å². The number of benzene rings is 1. The third-order valence-electron chi connectivity index (χ3n) is 2.89. The largest absolute Gasteiger partial charge is 0.449 e. The second-order valence-corrected chi connectivity index (χ2v) is 5.34. The highest BCUT2D eigenvalue weighted by Gasteiger charge is 2.08. The molecule has 3 nitrogen and oxygen atoms in total. The number of nitrogens with zero attached hydrogens (tertiary/aromatic N) is 1. The smallest absolute Gasteiger partial charge is 0.404 e. The van der Waals surface area contributed by atoms with Crippen LogP contribution in [0.5, 0.6) is 0 Å². The van der Waals surface area contributed by atoms with Crippen molar-refractivity contribution in [3.63, 3.8) is 0 Å². The SMILES string of the molecule is CCN(C(C)C)C(C)C.O=C(Cl)OCc1ccccc1. The van der Waals surface area contributed by atoms with Crippen LogP contribution in [0.2, 0.25) is 0 Å². The zero-order valence-electron chi connectivity index (χ0n) is 13.1. The summed E-state index contributed by atoms with van der Waals surface area (Å²) in [5, 5.41) is 0. The third kappa shape index (κ3) is 8.94. The van der Waals surface area contributed by atoms with Crippen LogP contribution in [0, 0.1) is 0 Å². The lowest BCUT2D eigenvalue weighted by Gasteiger charge is -2.28. The van der Waals surface area contributed by atoms with E-state index < -0.39 is 5.43 Å². The van der Waals surface area contributed by atoms with Crippen LogP contribution in [0.3, 0.4) is 0 Å². The Labute approximate surface area is 127 Å². The van der Waals surface area contributed by atoms with Gasteiger partial charge in [-0.15, -0.1) is 0 Å². The van der Waals surface area contributed by atoms with Crippen molar-refractivity contribution in [2.45, 2.75) is 53.3 Å². The molecule has 114 valence electrons. The highest BCUT2D eigenvalue weighted by molar-refractivity contribution is 6.61. The lowest BCUT2D eigenvalue weighted by molar-refractivity contribution is 0.167. The molecule has 0 spiro atoms. The van der Waals surface area contributed by atoms with Crippen LogP contribution in [0.4, 0.5) is 4.79 Å². The van der Waals surface area contributed by atoms with Gasteiger partial charge in [-0.2, -0.15) is 0 Å². The first-order valence-corrected chi connectivity index (χ1v) is 7.38. The van der Waals surface area contributed by atoms with Crippen molar-refractivity contribution >= 4 is 17.0 Å². The first kappa shape index (κ1) is 18.9. The van der Waals surface area contributed by atoms with E-state index in [0.717, 1.165) is 12.1 Å². The van der Waals surface area contributed by atoms with Gasteiger partial charge in [0.1, 0.15) is 6.61 Å². The molecule has 1 aromatic carbocycles. The summed E-state index contributed by atoms with van der Waals surface area (Å²) in [6.07, 6.45) is 0. The van der Waals surface area contributed by atoms with E-state index in [1.54, 1.807) is 0 Å². The summed E-state index contributed by atoms with van der Waals surface area (Å²) >= 11 is 4.97. The van der Waals surface area contributed by atoms with Gasteiger partial charge in [0.25, 0.3) is 0 Å². The molecule has 4 heteroatoms. The first-order valence-electron chi connectivity index (χ1n) is 7.00. The van der Waals surface area contributed by atoms with Crippen molar-refractivity contribution in [2.75, 3.05) is 6.54 Å². The molecule has 0 radical (unpaired) electrons. The number of ether oxygens (including phenoxy) is 1.